The average Bonchev–Trinajstić information content (AvgIpc) is 2.77. The van der Waals surface area contributed by atoms with Gasteiger partial charge in [0.1, 0.15) is 11.5 Å². The molecule has 1 aliphatic carbocycles. The number of carboxylic acid groups (broad SMARTS) is 1. The van der Waals surface area contributed by atoms with E-state index in [1.54, 1.807) is 0 Å². The number of halogens is 3. The summed E-state index contributed by atoms with van der Waals surface area (Å²) in [6, 6.07) is 3.49. The Kier molecular flexibility index (Phi) is 3.64. The quantitative estimate of drug-likeness (QED) is 0.889. The van der Waals surface area contributed by atoms with Gasteiger partial charge in [0.15, 0.2) is 0 Å². The smallest absolute Gasteiger partial charge is 0.433 e. The second-order valence-corrected chi connectivity index (χ2v) is 4.60. The maximum Gasteiger partial charge on any atom is 0.433 e. The van der Waals surface area contributed by atoms with Crippen molar-refractivity contribution in [3.8, 4) is 0 Å². The fourth-order valence-electron chi connectivity index (χ4n) is 2.22. The Morgan fingerprint density at radius 1 is 1.37 bits per heavy atom. The number of nitrogens with zero attached hydrogens (tertiary/aromatic N) is 1. The molecule has 0 radical (unpaired) electrons. The minimum atomic E-state index is -4.48. The number of carboxylic acids is 1. The summed E-state index contributed by atoms with van der Waals surface area (Å²) in [6.07, 6.45) is -2.91. The number of nitrogens with one attached hydrogen (secondary N) is 1. The van der Waals surface area contributed by atoms with Crippen molar-refractivity contribution in [1.29, 1.82) is 0 Å². The molecule has 1 aromatic heterocycles. The second-order valence-electron chi connectivity index (χ2n) is 4.60. The lowest BCUT2D eigenvalue weighted by atomic mass is 10.1. The minimum absolute atomic E-state index is 0.130. The van der Waals surface area contributed by atoms with E-state index >= 15 is 0 Å². The van der Waals surface area contributed by atoms with E-state index in [4.69, 9.17) is 5.11 Å². The Hall–Kier alpha value is -1.79. The lowest BCUT2D eigenvalue weighted by molar-refractivity contribution is -0.142. The molecule has 2 unspecified atom stereocenters. The van der Waals surface area contributed by atoms with Crippen LogP contribution in [0.4, 0.5) is 19.0 Å². The topological polar surface area (TPSA) is 62.2 Å². The van der Waals surface area contributed by atoms with E-state index in [1.165, 1.54) is 12.1 Å². The van der Waals surface area contributed by atoms with Gasteiger partial charge in [-0.1, -0.05) is 6.07 Å². The highest BCUT2D eigenvalue weighted by atomic mass is 19.4. The summed E-state index contributed by atoms with van der Waals surface area (Å²) in [6.45, 7) is 0. The van der Waals surface area contributed by atoms with Crippen LogP contribution in [0.1, 0.15) is 25.0 Å². The number of aliphatic carboxylic acids is 1. The van der Waals surface area contributed by atoms with Crippen molar-refractivity contribution in [3.63, 3.8) is 0 Å². The van der Waals surface area contributed by atoms with Gasteiger partial charge in [-0.25, -0.2) is 4.98 Å². The largest absolute Gasteiger partial charge is 0.481 e. The molecule has 0 aliphatic heterocycles. The van der Waals surface area contributed by atoms with Gasteiger partial charge in [0.25, 0.3) is 0 Å². The molecule has 1 aromatic rings. The van der Waals surface area contributed by atoms with Gasteiger partial charge in [-0.2, -0.15) is 13.2 Å². The van der Waals surface area contributed by atoms with Gasteiger partial charge < -0.3 is 10.4 Å². The lowest BCUT2D eigenvalue weighted by Crippen LogP contribution is -2.19. The maximum atomic E-state index is 12.5. The van der Waals surface area contributed by atoms with Crippen molar-refractivity contribution in [3.05, 3.63) is 23.9 Å². The minimum Gasteiger partial charge on any atom is -0.481 e. The first-order valence-corrected chi connectivity index (χ1v) is 5.90. The van der Waals surface area contributed by atoms with Crippen LogP contribution in [0.15, 0.2) is 18.2 Å². The standard InChI is InChI=1S/C12H13F3N2O2/c13-12(14,15)9-2-1-3-10(17-9)16-8-5-4-7(6-8)11(18)19/h1-3,7-8H,4-6H2,(H,16,17)(H,18,19). The predicted molar refractivity (Wildman–Crippen MR) is 61.6 cm³/mol. The number of pyridine rings is 1. The van der Waals surface area contributed by atoms with Gasteiger partial charge in [-0.05, 0) is 31.4 Å². The first-order chi connectivity index (χ1) is 8.86. The highest BCUT2D eigenvalue weighted by Crippen LogP contribution is 2.30. The molecule has 0 bridgehead atoms. The molecule has 1 heterocycles. The van der Waals surface area contributed by atoms with Crippen molar-refractivity contribution in [2.45, 2.75) is 31.5 Å². The molecular formula is C12H13F3N2O2. The summed E-state index contributed by atoms with van der Waals surface area (Å²) in [5, 5.41) is 11.7. The van der Waals surface area contributed by atoms with Crippen LogP contribution >= 0.6 is 0 Å². The van der Waals surface area contributed by atoms with Crippen LogP contribution in [0.25, 0.3) is 0 Å². The molecule has 2 atom stereocenters. The first kappa shape index (κ1) is 13.6. The number of alkyl halides is 3. The molecule has 1 aliphatic rings. The van der Waals surface area contributed by atoms with E-state index < -0.39 is 23.8 Å². The molecule has 19 heavy (non-hydrogen) atoms. The normalized spacial score (nSPS) is 23.3. The van der Waals surface area contributed by atoms with Gasteiger partial charge in [-0.15, -0.1) is 0 Å². The predicted octanol–water partition coefficient (Wildman–Crippen LogP) is 2.77. The number of hydrogen-bond acceptors (Lipinski definition) is 3. The Morgan fingerprint density at radius 2 is 2.11 bits per heavy atom. The zero-order chi connectivity index (χ0) is 14.0. The van der Waals surface area contributed by atoms with Crippen LogP contribution in [-0.4, -0.2) is 22.1 Å². The van der Waals surface area contributed by atoms with Crippen LogP contribution < -0.4 is 5.32 Å². The Labute approximate surface area is 107 Å². The number of anilines is 1. The molecule has 7 heteroatoms. The van der Waals surface area contributed by atoms with E-state index in [1.807, 2.05) is 0 Å². The first-order valence-electron chi connectivity index (χ1n) is 5.90. The summed E-state index contributed by atoms with van der Waals surface area (Å²) in [5.41, 5.74) is -0.953. The molecule has 0 saturated heterocycles. The molecule has 2 rings (SSSR count). The van der Waals surface area contributed by atoms with Gasteiger partial charge in [0.05, 0.1) is 5.92 Å². The Balaban J connectivity index is 2.03. The molecule has 104 valence electrons. The van der Waals surface area contributed by atoms with E-state index in [0.29, 0.717) is 19.3 Å². The summed E-state index contributed by atoms with van der Waals surface area (Å²) in [4.78, 5) is 14.3. The van der Waals surface area contributed by atoms with Crippen LogP contribution in [0.5, 0.6) is 0 Å². The highest BCUT2D eigenvalue weighted by molar-refractivity contribution is 5.70. The molecule has 1 saturated carbocycles. The van der Waals surface area contributed by atoms with Crippen LogP contribution in [-0.2, 0) is 11.0 Å². The average molecular weight is 274 g/mol. The summed E-state index contributed by atoms with van der Waals surface area (Å²) in [7, 11) is 0. The Morgan fingerprint density at radius 3 is 2.68 bits per heavy atom. The summed E-state index contributed by atoms with van der Waals surface area (Å²) < 4.78 is 37.4. The summed E-state index contributed by atoms with van der Waals surface area (Å²) in [5.74, 6) is -1.16. The third-order valence-corrected chi connectivity index (χ3v) is 3.17. The monoisotopic (exact) mass is 274 g/mol. The van der Waals surface area contributed by atoms with Crippen molar-refractivity contribution >= 4 is 11.8 Å². The molecule has 0 aromatic carbocycles. The van der Waals surface area contributed by atoms with Crippen LogP contribution in [0.2, 0.25) is 0 Å². The molecule has 0 amide bonds. The molecule has 1 fully saturated rings. The van der Waals surface area contributed by atoms with Crippen molar-refractivity contribution in [1.82, 2.24) is 4.98 Å². The molecule has 4 nitrogen and oxygen atoms in total. The molecule has 2 N–H and O–H groups in total. The van der Waals surface area contributed by atoms with Gasteiger partial charge in [0, 0.05) is 6.04 Å². The lowest BCUT2D eigenvalue weighted by Gasteiger charge is -2.14. The third-order valence-electron chi connectivity index (χ3n) is 3.17. The molecular weight excluding hydrogens is 261 g/mol. The van der Waals surface area contributed by atoms with Crippen molar-refractivity contribution < 1.29 is 23.1 Å². The zero-order valence-corrected chi connectivity index (χ0v) is 9.94. The summed E-state index contributed by atoms with van der Waals surface area (Å²) >= 11 is 0. The van der Waals surface area contributed by atoms with E-state index in [0.717, 1.165) is 6.07 Å². The number of rotatable bonds is 3. The number of carbonyl (C=O) groups is 1. The Bertz CT molecular complexity index is 476. The number of hydrogen-bond donors (Lipinski definition) is 2. The van der Waals surface area contributed by atoms with Crippen molar-refractivity contribution in [2.75, 3.05) is 5.32 Å². The SMILES string of the molecule is O=C(O)C1CCC(Nc2cccc(C(F)(F)F)n2)C1. The van der Waals surface area contributed by atoms with Gasteiger partial charge >= 0.3 is 12.1 Å². The van der Waals surface area contributed by atoms with E-state index in [2.05, 4.69) is 10.3 Å². The molecule has 0 spiro atoms. The van der Waals surface area contributed by atoms with Gasteiger partial charge in [-0.3, -0.25) is 4.79 Å². The second kappa shape index (κ2) is 5.07. The fourth-order valence-corrected chi connectivity index (χ4v) is 2.22. The zero-order valence-electron chi connectivity index (χ0n) is 9.94. The van der Waals surface area contributed by atoms with Crippen molar-refractivity contribution in [2.24, 2.45) is 5.92 Å². The van der Waals surface area contributed by atoms with Gasteiger partial charge in [0.2, 0.25) is 0 Å². The van der Waals surface area contributed by atoms with E-state index in [-0.39, 0.29) is 11.9 Å². The highest BCUT2D eigenvalue weighted by Gasteiger charge is 2.33. The third kappa shape index (κ3) is 3.36. The maximum absolute atomic E-state index is 12.5. The number of aromatic nitrogens is 1. The van der Waals surface area contributed by atoms with Crippen LogP contribution in [0.3, 0.4) is 0 Å². The van der Waals surface area contributed by atoms with Crippen LogP contribution in [0, 0.1) is 5.92 Å². The fraction of sp³-hybridized carbons (Fsp3) is 0.500. The van der Waals surface area contributed by atoms with E-state index in [9.17, 15) is 18.0 Å².